The van der Waals surface area contributed by atoms with E-state index in [0.29, 0.717) is 0 Å². The van der Waals surface area contributed by atoms with Gasteiger partial charge in [0.05, 0.1) is 13.2 Å². The SMILES string of the molecule is CCCCOc1[c]cc(OCCCC)[c]c1. The Labute approximate surface area is 98.6 Å². The Morgan fingerprint density at radius 1 is 0.875 bits per heavy atom. The standard InChI is InChI=1S/C14H20O2/c1-3-5-11-15-13-7-9-14(10-8-13)16-12-6-4-2/h7,10H,3-6,11-12H2,1-2H3. The van der Waals surface area contributed by atoms with E-state index >= 15 is 0 Å². The van der Waals surface area contributed by atoms with Crippen LogP contribution in [0.4, 0.5) is 0 Å². The molecule has 88 valence electrons. The Balaban J connectivity index is 2.30. The molecule has 0 heterocycles. The fourth-order valence-corrected chi connectivity index (χ4v) is 1.18. The second-order valence-corrected chi connectivity index (χ2v) is 3.71. The van der Waals surface area contributed by atoms with E-state index in [1.165, 1.54) is 0 Å². The van der Waals surface area contributed by atoms with Gasteiger partial charge in [-0.15, -0.1) is 0 Å². The predicted octanol–water partition coefficient (Wildman–Crippen LogP) is 3.64. The highest BCUT2D eigenvalue weighted by Crippen LogP contribution is 2.16. The molecule has 0 saturated heterocycles. The van der Waals surface area contributed by atoms with E-state index in [2.05, 4.69) is 26.0 Å². The zero-order valence-electron chi connectivity index (χ0n) is 10.2. The minimum absolute atomic E-state index is 0.747. The average molecular weight is 220 g/mol. The summed E-state index contributed by atoms with van der Waals surface area (Å²) in [5.41, 5.74) is 0. The van der Waals surface area contributed by atoms with Crippen molar-refractivity contribution in [2.75, 3.05) is 13.2 Å². The van der Waals surface area contributed by atoms with Crippen molar-refractivity contribution in [3.8, 4) is 11.5 Å². The molecule has 1 aromatic rings. The summed E-state index contributed by atoms with van der Waals surface area (Å²) in [6.45, 7) is 5.78. The van der Waals surface area contributed by atoms with Crippen molar-refractivity contribution in [2.24, 2.45) is 0 Å². The fraction of sp³-hybridized carbons (Fsp3) is 0.571. The first kappa shape index (κ1) is 12.9. The monoisotopic (exact) mass is 220 g/mol. The van der Waals surface area contributed by atoms with E-state index in [-0.39, 0.29) is 0 Å². The molecule has 0 atom stereocenters. The summed E-state index contributed by atoms with van der Waals surface area (Å²) in [5, 5.41) is 0. The third-order valence-corrected chi connectivity index (χ3v) is 2.20. The van der Waals surface area contributed by atoms with Crippen LogP contribution >= 0.6 is 0 Å². The summed E-state index contributed by atoms with van der Waals surface area (Å²) < 4.78 is 11.0. The van der Waals surface area contributed by atoms with Crippen LogP contribution in [0.3, 0.4) is 0 Å². The molecule has 0 amide bonds. The summed E-state index contributed by atoms with van der Waals surface area (Å²) in [7, 11) is 0. The molecule has 2 heteroatoms. The van der Waals surface area contributed by atoms with Crippen LogP contribution in [0.2, 0.25) is 0 Å². The van der Waals surface area contributed by atoms with E-state index < -0.39 is 0 Å². The van der Waals surface area contributed by atoms with Gasteiger partial charge in [-0.2, -0.15) is 0 Å². The van der Waals surface area contributed by atoms with Crippen molar-refractivity contribution in [2.45, 2.75) is 39.5 Å². The van der Waals surface area contributed by atoms with E-state index in [1.54, 1.807) is 12.1 Å². The molecular formula is C14H20O2. The van der Waals surface area contributed by atoms with Gasteiger partial charge in [0.2, 0.25) is 0 Å². The lowest BCUT2D eigenvalue weighted by Crippen LogP contribution is -1.98. The largest absolute Gasteiger partial charge is 0.493 e. The highest BCUT2D eigenvalue weighted by molar-refractivity contribution is 5.28. The van der Waals surface area contributed by atoms with Gasteiger partial charge < -0.3 is 9.47 Å². The molecule has 0 N–H and O–H groups in total. The summed E-state index contributed by atoms with van der Waals surface area (Å²) in [4.78, 5) is 0. The molecule has 0 spiro atoms. The van der Waals surface area contributed by atoms with Crippen molar-refractivity contribution >= 4 is 0 Å². The molecule has 0 bridgehead atoms. The maximum absolute atomic E-state index is 5.48. The van der Waals surface area contributed by atoms with E-state index in [1.807, 2.05) is 0 Å². The van der Waals surface area contributed by atoms with Crippen molar-refractivity contribution in [1.29, 1.82) is 0 Å². The molecule has 1 rings (SSSR count). The van der Waals surface area contributed by atoms with Crippen molar-refractivity contribution in [3.63, 3.8) is 0 Å². The maximum atomic E-state index is 5.48. The Morgan fingerprint density at radius 3 is 1.62 bits per heavy atom. The van der Waals surface area contributed by atoms with Crippen LogP contribution in [0.5, 0.6) is 11.5 Å². The van der Waals surface area contributed by atoms with Crippen molar-refractivity contribution < 1.29 is 9.47 Å². The minimum Gasteiger partial charge on any atom is -0.493 e. The molecule has 0 aliphatic carbocycles. The molecular weight excluding hydrogens is 200 g/mol. The summed E-state index contributed by atoms with van der Waals surface area (Å²) >= 11 is 0. The van der Waals surface area contributed by atoms with Crippen LogP contribution in [0.1, 0.15) is 39.5 Å². The smallest absolute Gasteiger partial charge is 0.128 e. The van der Waals surface area contributed by atoms with Crippen LogP contribution in [-0.4, -0.2) is 13.2 Å². The Hall–Kier alpha value is -1.18. The molecule has 1 aromatic carbocycles. The van der Waals surface area contributed by atoms with Gasteiger partial charge in [-0.3, -0.25) is 0 Å². The number of ether oxygens (including phenoxy) is 2. The number of hydrogen-bond donors (Lipinski definition) is 0. The Morgan fingerprint density at radius 2 is 1.31 bits per heavy atom. The summed E-state index contributed by atoms with van der Waals surface area (Å²) in [6.07, 6.45) is 4.43. The van der Waals surface area contributed by atoms with Gasteiger partial charge in [-0.1, -0.05) is 26.7 Å². The van der Waals surface area contributed by atoms with Gasteiger partial charge >= 0.3 is 0 Å². The molecule has 0 aromatic heterocycles. The number of unbranched alkanes of at least 4 members (excludes halogenated alkanes) is 2. The second kappa shape index (κ2) is 8.03. The number of rotatable bonds is 8. The summed E-state index contributed by atoms with van der Waals surface area (Å²) in [5.74, 6) is 1.49. The van der Waals surface area contributed by atoms with E-state index in [0.717, 1.165) is 50.4 Å². The van der Waals surface area contributed by atoms with Crippen molar-refractivity contribution in [1.82, 2.24) is 0 Å². The quantitative estimate of drug-likeness (QED) is 0.623. The fourth-order valence-electron chi connectivity index (χ4n) is 1.18. The maximum Gasteiger partial charge on any atom is 0.128 e. The average Bonchev–Trinajstić information content (AvgIpc) is 2.32. The van der Waals surface area contributed by atoms with Crippen LogP contribution in [0, 0.1) is 12.1 Å². The molecule has 0 unspecified atom stereocenters. The first-order valence-corrected chi connectivity index (χ1v) is 6.05. The number of hydrogen-bond acceptors (Lipinski definition) is 2. The van der Waals surface area contributed by atoms with Gasteiger partial charge in [0, 0.05) is 12.1 Å². The first-order chi connectivity index (χ1) is 7.86. The van der Waals surface area contributed by atoms with Crippen molar-refractivity contribution in [3.05, 3.63) is 24.3 Å². The van der Waals surface area contributed by atoms with Gasteiger partial charge in [-0.25, -0.2) is 0 Å². The minimum atomic E-state index is 0.747. The zero-order valence-corrected chi connectivity index (χ0v) is 10.2. The normalized spacial score (nSPS) is 10.1. The third-order valence-electron chi connectivity index (χ3n) is 2.20. The lowest BCUT2D eigenvalue weighted by atomic mass is 10.3. The summed E-state index contributed by atoms with van der Waals surface area (Å²) in [6, 6.07) is 9.67. The number of benzene rings is 1. The second-order valence-electron chi connectivity index (χ2n) is 3.71. The lowest BCUT2D eigenvalue weighted by Gasteiger charge is -2.07. The van der Waals surface area contributed by atoms with Gasteiger partial charge in [0.25, 0.3) is 0 Å². The van der Waals surface area contributed by atoms with Gasteiger partial charge in [0.15, 0.2) is 0 Å². The molecule has 2 nitrogen and oxygen atoms in total. The van der Waals surface area contributed by atoms with Crippen LogP contribution in [0.25, 0.3) is 0 Å². The predicted molar refractivity (Wildman–Crippen MR) is 64.9 cm³/mol. The topological polar surface area (TPSA) is 18.5 Å². The highest BCUT2D eigenvalue weighted by Gasteiger charge is 1.97. The third kappa shape index (κ3) is 5.06. The first-order valence-electron chi connectivity index (χ1n) is 6.05. The van der Waals surface area contributed by atoms with Gasteiger partial charge in [-0.05, 0) is 25.0 Å². The van der Waals surface area contributed by atoms with Crippen LogP contribution < -0.4 is 9.47 Å². The highest BCUT2D eigenvalue weighted by atomic mass is 16.5. The molecule has 0 fully saturated rings. The molecule has 0 saturated carbocycles. The van der Waals surface area contributed by atoms with Crippen LogP contribution in [0.15, 0.2) is 12.1 Å². The Bertz CT molecular complexity index is 238. The van der Waals surface area contributed by atoms with E-state index in [9.17, 15) is 0 Å². The lowest BCUT2D eigenvalue weighted by molar-refractivity contribution is 0.300. The molecule has 0 aliphatic rings. The zero-order chi connectivity index (χ0) is 11.6. The molecule has 16 heavy (non-hydrogen) atoms. The van der Waals surface area contributed by atoms with Gasteiger partial charge in [0.1, 0.15) is 11.5 Å². The Kier molecular flexibility index (Phi) is 6.47. The molecule has 0 aliphatic heterocycles. The van der Waals surface area contributed by atoms with Crippen LogP contribution in [-0.2, 0) is 0 Å². The molecule has 2 radical (unpaired) electrons. The van der Waals surface area contributed by atoms with E-state index in [4.69, 9.17) is 9.47 Å².